The van der Waals surface area contributed by atoms with Crippen molar-refractivity contribution in [2.45, 2.75) is 127 Å². The molecular formula is C22H40S. The smallest absolute Gasteiger partial charge is 0.0232 e. The first-order valence-corrected chi connectivity index (χ1v) is 11.7. The quantitative estimate of drug-likeness (QED) is 0.228. The summed E-state index contributed by atoms with van der Waals surface area (Å²) in [7, 11) is 0. The van der Waals surface area contributed by atoms with Gasteiger partial charge in [-0.05, 0) is 32.1 Å². The molecule has 0 amide bonds. The van der Waals surface area contributed by atoms with Crippen LogP contribution in [0.5, 0.6) is 0 Å². The summed E-state index contributed by atoms with van der Waals surface area (Å²) in [5, 5.41) is 1.88. The first-order valence-electron chi connectivity index (χ1n) is 10.7. The van der Waals surface area contributed by atoms with E-state index in [9.17, 15) is 0 Å². The van der Waals surface area contributed by atoms with Crippen molar-refractivity contribution < 1.29 is 0 Å². The molecule has 2 unspecified atom stereocenters. The Labute approximate surface area is 150 Å². The fourth-order valence-corrected chi connectivity index (χ4v) is 5.80. The summed E-state index contributed by atoms with van der Waals surface area (Å²) >= 11 is 2.24. The van der Waals surface area contributed by atoms with Gasteiger partial charge in [-0.25, -0.2) is 0 Å². The van der Waals surface area contributed by atoms with Gasteiger partial charge in [0.2, 0.25) is 0 Å². The van der Waals surface area contributed by atoms with Gasteiger partial charge in [-0.15, -0.1) is 0 Å². The van der Waals surface area contributed by atoms with Crippen LogP contribution in [0.1, 0.15) is 116 Å². The normalized spacial score (nSPS) is 23.3. The summed E-state index contributed by atoms with van der Waals surface area (Å²) in [5.74, 6) is 0. The molecule has 1 heteroatoms. The summed E-state index contributed by atoms with van der Waals surface area (Å²) in [6, 6.07) is 0. The summed E-state index contributed by atoms with van der Waals surface area (Å²) < 4.78 is 0. The second-order valence-corrected chi connectivity index (χ2v) is 9.44. The Kier molecular flexibility index (Phi) is 10.5. The Morgan fingerprint density at radius 1 is 0.783 bits per heavy atom. The molecule has 1 fully saturated rings. The van der Waals surface area contributed by atoms with E-state index in [1.54, 1.807) is 5.57 Å². The Bertz CT molecular complexity index is 320. The summed E-state index contributed by atoms with van der Waals surface area (Å²) in [6.07, 6.45) is 27.4. The predicted molar refractivity (Wildman–Crippen MR) is 107 cm³/mol. The third-order valence-corrected chi connectivity index (χ3v) is 7.16. The van der Waals surface area contributed by atoms with Crippen molar-refractivity contribution in [3.63, 3.8) is 0 Å². The van der Waals surface area contributed by atoms with E-state index in [1.165, 1.54) is 109 Å². The second-order valence-electron chi connectivity index (χ2n) is 7.90. The fourth-order valence-electron chi connectivity index (χ4n) is 4.18. The standard InChI is InChI=1S/C22H40S/c1-2-3-4-5-6-7-8-9-10-11-12-13-14-15-20-18-21-16-17-22(19-20)23-21/h18,21-22H,2-17,19H2,1H3. The molecule has 0 aromatic heterocycles. The lowest BCUT2D eigenvalue weighted by Crippen LogP contribution is -2.05. The van der Waals surface area contributed by atoms with Crippen LogP contribution in [0.3, 0.4) is 0 Å². The molecule has 2 bridgehead atoms. The van der Waals surface area contributed by atoms with E-state index >= 15 is 0 Å². The molecule has 23 heavy (non-hydrogen) atoms. The highest BCUT2D eigenvalue weighted by atomic mass is 32.2. The maximum Gasteiger partial charge on any atom is 0.0232 e. The van der Waals surface area contributed by atoms with Gasteiger partial charge in [0.15, 0.2) is 0 Å². The largest absolute Gasteiger partial charge is 0.151 e. The highest BCUT2D eigenvalue weighted by Gasteiger charge is 2.28. The number of hydrogen-bond acceptors (Lipinski definition) is 1. The molecule has 0 saturated carbocycles. The molecule has 2 aliphatic heterocycles. The van der Waals surface area contributed by atoms with Crippen LogP contribution in [0.2, 0.25) is 0 Å². The van der Waals surface area contributed by atoms with Gasteiger partial charge in [0.1, 0.15) is 0 Å². The van der Waals surface area contributed by atoms with Gasteiger partial charge in [-0.3, -0.25) is 0 Å². The lowest BCUT2D eigenvalue weighted by atomic mass is 10.0. The van der Waals surface area contributed by atoms with E-state index < -0.39 is 0 Å². The van der Waals surface area contributed by atoms with Crippen molar-refractivity contribution in [2.24, 2.45) is 0 Å². The topological polar surface area (TPSA) is 0 Å². The van der Waals surface area contributed by atoms with Gasteiger partial charge < -0.3 is 0 Å². The minimum atomic E-state index is 0.894. The number of allylic oxidation sites excluding steroid dienone is 1. The molecular weight excluding hydrogens is 296 g/mol. The molecule has 0 aromatic carbocycles. The average molecular weight is 337 g/mol. The number of thioether (sulfide) groups is 1. The highest BCUT2D eigenvalue weighted by molar-refractivity contribution is 8.01. The first kappa shape index (κ1) is 19.4. The second kappa shape index (κ2) is 12.5. The summed E-state index contributed by atoms with van der Waals surface area (Å²) in [5.41, 5.74) is 1.80. The van der Waals surface area contributed by atoms with E-state index in [0.717, 1.165) is 10.5 Å². The Morgan fingerprint density at radius 3 is 1.91 bits per heavy atom. The van der Waals surface area contributed by atoms with Crippen molar-refractivity contribution in [3.8, 4) is 0 Å². The van der Waals surface area contributed by atoms with Gasteiger partial charge in [0, 0.05) is 10.5 Å². The average Bonchev–Trinajstić information content (AvgIpc) is 2.90. The van der Waals surface area contributed by atoms with Crippen molar-refractivity contribution in [1.29, 1.82) is 0 Å². The van der Waals surface area contributed by atoms with Gasteiger partial charge in [-0.1, -0.05) is 95.6 Å². The molecule has 2 aliphatic rings. The maximum absolute atomic E-state index is 2.62. The van der Waals surface area contributed by atoms with E-state index in [0.29, 0.717) is 0 Å². The molecule has 2 atom stereocenters. The third kappa shape index (κ3) is 8.66. The lowest BCUT2D eigenvalue weighted by molar-refractivity contribution is 0.538. The monoisotopic (exact) mass is 336 g/mol. The van der Waals surface area contributed by atoms with Crippen LogP contribution in [0, 0.1) is 0 Å². The van der Waals surface area contributed by atoms with Crippen molar-refractivity contribution in [2.75, 3.05) is 0 Å². The Hall–Kier alpha value is 0.0900. The minimum Gasteiger partial charge on any atom is -0.151 e. The zero-order chi connectivity index (χ0) is 16.2. The van der Waals surface area contributed by atoms with Crippen LogP contribution in [-0.2, 0) is 0 Å². The first-order chi connectivity index (χ1) is 11.4. The number of unbranched alkanes of at least 4 members (excludes halogenated alkanes) is 12. The number of fused-ring (bicyclic) bond motifs is 2. The molecule has 0 aromatic rings. The number of hydrogen-bond donors (Lipinski definition) is 0. The van der Waals surface area contributed by atoms with E-state index in [1.807, 2.05) is 0 Å². The van der Waals surface area contributed by atoms with Crippen LogP contribution in [0.25, 0.3) is 0 Å². The molecule has 134 valence electrons. The number of rotatable bonds is 14. The Balaban J connectivity index is 1.31. The van der Waals surface area contributed by atoms with E-state index in [2.05, 4.69) is 24.8 Å². The minimum absolute atomic E-state index is 0.894. The van der Waals surface area contributed by atoms with Crippen LogP contribution >= 0.6 is 11.8 Å². The molecule has 0 N–H and O–H groups in total. The van der Waals surface area contributed by atoms with E-state index in [4.69, 9.17) is 0 Å². The van der Waals surface area contributed by atoms with E-state index in [-0.39, 0.29) is 0 Å². The van der Waals surface area contributed by atoms with Crippen LogP contribution in [0.4, 0.5) is 0 Å². The summed E-state index contributed by atoms with van der Waals surface area (Å²) in [6.45, 7) is 2.30. The van der Waals surface area contributed by atoms with Crippen molar-refractivity contribution in [3.05, 3.63) is 11.6 Å². The third-order valence-electron chi connectivity index (χ3n) is 5.65. The van der Waals surface area contributed by atoms with Crippen LogP contribution in [-0.4, -0.2) is 10.5 Å². The van der Waals surface area contributed by atoms with Crippen LogP contribution < -0.4 is 0 Å². The molecule has 0 aliphatic carbocycles. The lowest BCUT2D eigenvalue weighted by Gasteiger charge is -2.19. The van der Waals surface area contributed by atoms with Gasteiger partial charge in [0.25, 0.3) is 0 Å². The SMILES string of the molecule is CCCCCCCCCCCCCCCC1=CC2CCC(C1)S2. The van der Waals surface area contributed by atoms with Crippen molar-refractivity contribution >= 4 is 11.8 Å². The molecule has 0 radical (unpaired) electrons. The molecule has 0 nitrogen and oxygen atoms in total. The van der Waals surface area contributed by atoms with Gasteiger partial charge in [-0.2, -0.15) is 11.8 Å². The maximum atomic E-state index is 2.62. The van der Waals surface area contributed by atoms with Crippen molar-refractivity contribution in [1.82, 2.24) is 0 Å². The molecule has 2 rings (SSSR count). The fraction of sp³-hybridized carbons (Fsp3) is 0.909. The van der Waals surface area contributed by atoms with Gasteiger partial charge >= 0.3 is 0 Å². The molecule has 2 heterocycles. The van der Waals surface area contributed by atoms with Gasteiger partial charge in [0.05, 0.1) is 0 Å². The zero-order valence-corrected chi connectivity index (χ0v) is 16.5. The molecule has 0 spiro atoms. The zero-order valence-electron chi connectivity index (χ0n) is 15.7. The Morgan fingerprint density at radius 2 is 1.35 bits per heavy atom. The summed E-state index contributed by atoms with van der Waals surface area (Å²) in [4.78, 5) is 0. The highest BCUT2D eigenvalue weighted by Crippen LogP contribution is 2.43. The van der Waals surface area contributed by atoms with Crippen LogP contribution in [0.15, 0.2) is 11.6 Å². The molecule has 1 saturated heterocycles. The predicted octanol–water partition coefficient (Wildman–Crippen LogP) is 8.06.